The van der Waals surface area contributed by atoms with Crippen molar-refractivity contribution in [2.45, 2.75) is 11.8 Å². The van der Waals surface area contributed by atoms with Crippen molar-refractivity contribution in [3.63, 3.8) is 0 Å². The zero-order valence-corrected chi connectivity index (χ0v) is 8.62. The Labute approximate surface area is 86.9 Å². The number of nitrogens with zero attached hydrogens (tertiary/aromatic N) is 1. The third kappa shape index (κ3) is 3.22. The highest BCUT2D eigenvalue weighted by Crippen LogP contribution is 2.17. The van der Waals surface area contributed by atoms with Gasteiger partial charge >= 0.3 is 5.97 Å². The van der Waals surface area contributed by atoms with Crippen LogP contribution in [0.5, 0.6) is 0 Å². The van der Waals surface area contributed by atoms with Crippen LogP contribution in [-0.2, 0) is 0 Å². The predicted molar refractivity (Wildman–Crippen MR) is 56.7 cm³/mol. The normalized spacial score (nSPS) is 10.6. The first kappa shape index (κ1) is 10.8. The first-order chi connectivity index (χ1) is 6.74. The van der Waals surface area contributed by atoms with Gasteiger partial charge in [-0.1, -0.05) is 12.2 Å². The Hall–Kier alpha value is -1.29. The fourth-order valence-electron chi connectivity index (χ4n) is 0.858. The van der Waals surface area contributed by atoms with Crippen LogP contribution in [0.3, 0.4) is 0 Å². The number of hydrogen-bond acceptors (Lipinski definition) is 3. The van der Waals surface area contributed by atoms with Crippen LogP contribution in [0.2, 0.25) is 0 Å². The minimum atomic E-state index is -0.988. The maximum atomic E-state index is 10.6. The largest absolute Gasteiger partial charge is 0.477 e. The van der Waals surface area contributed by atoms with Gasteiger partial charge in [0.2, 0.25) is 0 Å². The molecule has 0 amide bonds. The van der Waals surface area contributed by atoms with E-state index in [1.807, 2.05) is 19.1 Å². The summed E-state index contributed by atoms with van der Waals surface area (Å²) in [4.78, 5) is 15.3. The standard InChI is InChI=1S/C10H11NO2S/c1-2-3-6-14-8-4-5-11-9(7-8)10(12)13/h2-5,7H,6H2,1H3,(H,12,13). The van der Waals surface area contributed by atoms with E-state index in [1.54, 1.807) is 23.9 Å². The Kier molecular flexibility index (Phi) is 4.19. The van der Waals surface area contributed by atoms with Crippen LogP contribution in [0.15, 0.2) is 35.4 Å². The van der Waals surface area contributed by atoms with Gasteiger partial charge in [-0.2, -0.15) is 0 Å². The second kappa shape index (κ2) is 5.44. The molecule has 1 N–H and O–H groups in total. The van der Waals surface area contributed by atoms with Crippen molar-refractivity contribution in [1.29, 1.82) is 0 Å². The summed E-state index contributed by atoms with van der Waals surface area (Å²) >= 11 is 1.59. The third-order valence-corrected chi connectivity index (χ3v) is 2.48. The second-order valence-corrected chi connectivity index (χ2v) is 3.66. The average molecular weight is 209 g/mol. The highest BCUT2D eigenvalue weighted by molar-refractivity contribution is 7.99. The van der Waals surface area contributed by atoms with Crippen molar-refractivity contribution in [2.24, 2.45) is 0 Å². The minimum Gasteiger partial charge on any atom is -0.477 e. The van der Waals surface area contributed by atoms with Crippen LogP contribution in [0.1, 0.15) is 17.4 Å². The van der Waals surface area contributed by atoms with E-state index >= 15 is 0 Å². The number of carboxylic acid groups (broad SMARTS) is 1. The van der Waals surface area contributed by atoms with Crippen molar-refractivity contribution in [2.75, 3.05) is 5.75 Å². The lowest BCUT2D eigenvalue weighted by molar-refractivity contribution is 0.0690. The summed E-state index contributed by atoms with van der Waals surface area (Å²) in [7, 11) is 0. The average Bonchev–Trinajstić information content (AvgIpc) is 2.19. The van der Waals surface area contributed by atoms with Crippen molar-refractivity contribution in [3.8, 4) is 0 Å². The molecule has 0 aromatic carbocycles. The van der Waals surface area contributed by atoms with Gasteiger partial charge in [0.15, 0.2) is 0 Å². The number of hydrogen-bond donors (Lipinski definition) is 1. The summed E-state index contributed by atoms with van der Waals surface area (Å²) < 4.78 is 0. The highest BCUT2D eigenvalue weighted by atomic mass is 32.2. The summed E-state index contributed by atoms with van der Waals surface area (Å²) in [5.74, 6) is -0.141. The number of pyridine rings is 1. The first-order valence-corrected chi connectivity index (χ1v) is 5.16. The highest BCUT2D eigenvalue weighted by Gasteiger charge is 2.04. The number of carbonyl (C=O) groups is 1. The molecular formula is C10H11NO2S. The van der Waals surface area contributed by atoms with Gasteiger partial charge in [0.25, 0.3) is 0 Å². The molecule has 0 bridgehead atoms. The Morgan fingerprint density at radius 1 is 1.71 bits per heavy atom. The van der Waals surface area contributed by atoms with E-state index in [2.05, 4.69) is 4.98 Å². The van der Waals surface area contributed by atoms with Gasteiger partial charge in [-0.15, -0.1) is 11.8 Å². The van der Waals surface area contributed by atoms with E-state index in [0.717, 1.165) is 10.6 Å². The lowest BCUT2D eigenvalue weighted by atomic mass is 10.3. The zero-order valence-electron chi connectivity index (χ0n) is 7.80. The number of aromatic nitrogens is 1. The van der Waals surface area contributed by atoms with Gasteiger partial charge in [0.1, 0.15) is 5.69 Å². The molecule has 0 aliphatic carbocycles. The number of rotatable bonds is 4. The predicted octanol–water partition coefficient (Wildman–Crippen LogP) is 2.45. The SMILES string of the molecule is CC=CCSc1ccnc(C(=O)O)c1. The molecule has 3 nitrogen and oxygen atoms in total. The molecular weight excluding hydrogens is 198 g/mol. The summed E-state index contributed by atoms with van der Waals surface area (Å²) in [5.41, 5.74) is 0.0930. The number of allylic oxidation sites excluding steroid dienone is 1. The van der Waals surface area contributed by atoms with Crippen LogP contribution in [-0.4, -0.2) is 21.8 Å². The van der Waals surface area contributed by atoms with E-state index in [1.165, 1.54) is 6.20 Å². The molecule has 0 aliphatic heterocycles. The van der Waals surface area contributed by atoms with Gasteiger partial charge in [0, 0.05) is 16.8 Å². The molecule has 0 spiro atoms. The van der Waals surface area contributed by atoms with Crippen LogP contribution in [0, 0.1) is 0 Å². The Morgan fingerprint density at radius 2 is 2.50 bits per heavy atom. The number of aromatic carboxylic acids is 1. The maximum absolute atomic E-state index is 10.6. The van der Waals surface area contributed by atoms with Gasteiger partial charge < -0.3 is 5.11 Å². The smallest absolute Gasteiger partial charge is 0.354 e. The Balaban J connectivity index is 2.68. The molecule has 74 valence electrons. The van der Waals surface area contributed by atoms with Gasteiger partial charge in [0.05, 0.1) is 0 Å². The van der Waals surface area contributed by atoms with Crippen LogP contribution in [0.4, 0.5) is 0 Å². The lowest BCUT2D eigenvalue weighted by Crippen LogP contribution is -1.99. The molecule has 1 rings (SSSR count). The Morgan fingerprint density at radius 3 is 3.14 bits per heavy atom. The maximum Gasteiger partial charge on any atom is 0.354 e. The molecule has 0 saturated heterocycles. The topological polar surface area (TPSA) is 50.2 Å². The lowest BCUT2D eigenvalue weighted by Gasteiger charge is -1.98. The fraction of sp³-hybridized carbons (Fsp3) is 0.200. The molecule has 1 aromatic rings. The van der Waals surface area contributed by atoms with E-state index in [9.17, 15) is 4.79 Å². The van der Waals surface area contributed by atoms with Crippen molar-refractivity contribution >= 4 is 17.7 Å². The Bertz CT molecular complexity index is 350. The monoisotopic (exact) mass is 209 g/mol. The molecule has 0 aliphatic rings. The molecule has 0 fully saturated rings. The molecule has 0 radical (unpaired) electrons. The quantitative estimate of drug-likeness (QED) is 0.611. The van der Waals surface area contributed by atoms with E-state index in [-0.39, 0.29) is 5.69 Å². The van der Waals surface area contributed by atoms with E-state index < -0.39 is 5.97 Å². The fourth-order valence-corrected chi connectivity index (χ4v) is 1.69. The summed E-state index contributed by atoms with van der Waals surface area (Å²) in [6.45, 7) is 1.95. The summed E-state index contributed by atoms with van der Waals surface area (Å²) in [6.07, 6.45) is 5.50. The first-order valence-electron chi connectivity index (χ1n) is 4.17. The molecule has 0 saturated carbocycles. The molecule has 0 atom stereocenters. The molecule has 1 heterocycles. The second-order valence-electron chi connectivity index (χ2n) is 2.56. The van der Waals surface area contributed by atoms with Gasteiger partial charge in [-0.05, 0) is 19.1 Å². The van der Waals surface area contributed by atoms with Gasteiger partial charge in [-0.25, -0.2) is 9.78 Å². The van der Waals surface area contributed by atoms with Crippen molar-refractivity contribution in [3.05, 3.63) is 36.2 Å². The number of thioether (sulfide) groups is 1. The van der Waals surface area contributed by atoms with Crippen molar-refractivity contribution < 1.29 is 9.90 Å². The number of carboxylic acids is 1. The molecule has 4 heteroatoms. The minimum absolute atomic E-state index is 0.0930. The molecule has 0 unspecified atom stereocenters. The zero-order chi connectivity index (χ0) is 10.4. The summed E-state index contributed by atoms with van der Waals surface area (Å²) in [5, 5.41) is 8.70. The van der Waals surface area contributed by atoms with Crippen LogP contribution in [0.25, 0.3) is 0 Å². The van der Waals surface area contributed by atoms with Crippen LogP contribution >= 0.6 is 11.8 Å². The van der Waals surface area contributed by atoms with E-state index in [0.29, 0.717) is 0 Å². The van der Waals surface area contributed by atoms with Crippen molar-refractivity contribution in [1.82, 2.24) is 4.98 Å². The third-order valence-electron chi connectivity index (χ3n) is 1.53. The van der Waals surface area contributed by atoms with E-state index in [4.69, 9.17) is 5.11 Å². The summed E-state index contributed by atoms with van der Waals surface area (Å²) in [6, 6.07) is 3.39. The molecule has 14 heavy (non-hydrogen) atoms. The van der Waals surface area contributed by atoms with Crippen LogP contribution < -0.4 is 0 Å². The molecule has 1 aromatic heterocycles. The van der Waals surface area contributed by atoms with Gasteiger partial charge in [-0.3, -0.25) is 0 Å².